The van der Waals surface area contributed by atoms with Gasteiger partial charge < -0.3 is 9.64 Å². The van der Waals surface area contributed by atoms with Crippen molar-refractivity contribution in [3.05, 3.63) is 70.9 Å². The monoisotopic (exact) mass is 408 g/mol. The molecule has 1 saturated heterocycles. The minimum Gasteiger partial charge on any atom is -0.490 e. The lowest BCUT2D eigenvalue weighted by Gasteiger charge is -2.32. The van der Waals surface area contributed by atoms with Crippen LogP contribution in [0.25, 0.3) is 5.69 Å². The van der Waals surface area contributed by atoms with E-state index in [1.165, 1.54) is 4.90 Å². The number of hydrogen-bond donors (Lipinski definition) is 0. The third-order valence-electron chi connectivity index (χ3n) is 5.05. The molecule has 150 valence electrons. The molecule has 0 saturated carbocycles. The fourth-order valence-electron chi connectivity index (χ4n) is 3.44. The van der Waals surface area contributed by atoms with E-state index in [1.807, 2.05) is 49.6 Å². The number of piperidine rings is 1. The molecule has 0 spiro atoms. The van der Waals surface area contributed by atoms with Gasteiger partial charge in [0.15, 0.2) is 0 Å². The summed E-state index contributed by atoms with van der Waals surface area (Å²) in [6.45, 7) is 3.65. The fraction of sp³-hybridized carbons (Fsp3) is 0.318. The van der Waals surface area contributed by atoms with Crippen molar-refractivity contribution >= 4 is 17.7 Å². The van der Waals surface area contributed by atoms with Crippen molar-refractivity contribution in [1.82, 2.24) is 14.5 Å². The SMILES string of the molecule is CSc1ccc(-n2ccc(OC3CCN(c4nccc(C)n4)CC3)cc2=O)cc1. The zero-order chi connectivity index (χ0) is 20.2. The summed E-state index contributed by atoms with van der Waals surface area (Å²) in [5.74, 6) is 1.40. The van der Waals surface area contributed by atoms with Gasteiger partial charge in [0.05, 0.1) is 0 Å². The Balaban J connectivity index is 1.39. The van der Waals surface area contributed by atoms with E-state index in [-0.39, 0.29) is 11.7 Å². The van der Waals surface area contributed by atoms with E-state index in [0.717, 1.165) is 43.3 Å². The van der Waals surface area contributed by atoms with Crippen molar-refractivity contribution in [3.8, 4) is 11.4 Å². The second kappa shape index (κ2) is 8.69. The zero-order valence-electron chi connectivity index (χ0n) is 16.6. The molecule has 1 fully saturated rings. The van der Waals surface area contributed by atoms with Crippen molar-refractivity contribution in [2.45, 2.75) is 30.8 Å². The number of anilines is 1. The number of thioether (sulfide) groups is 1. The van der Waals surface area contributed by atoms with Crippen LogP contribution in [-0.2, 0) is 0 Å². The lowest BCUT2D eigenvalue weighted by molar-refractivity contribution is 0.170. The topological polar surface area (TPSA) is 60.2 Å². The van der Waals surface area contributed by atoms with Gasteiger partial charge in [0, 0.05) is 60.7 Å². The smallest absolute Gasteiger partial charge is 0.258 e. The molecule has 2 aromatic heterocycles. The lowest BCUT2D eigenvalue weighted by Crippen LogP contribution is -2.39. The Kier molecular flexibility index (Phi) is 5.85. The first kappa shape index (κ1) is 19.5. The van der Waals surface area contributed by atoms with Gasteiger partial charge in [-0.15, -0.1) is 11.8 Å². The van der Waals surface area contributed by atoms with Crippen LogP contribution in [0.1, 0.15) is 18.5 Å². The number of hydrogen-bond acceptors (Lipinski definition) is 6. The molecule has 7 heteroatoms. The first-order valence-electron chi connectivity index (χ1n) is 9.71. The first-order chi connectivity index (χ1) is 14.1. The van der Waals surface area contributed by atoms with Crippen LogP contribution in [0.5, 0.6) is 5.75 Å². The Morgan fingerprint density at radius 3 is 2.52 bits per heavy atom. The van der Waals surface area contributed by atoms with Crippen LogP contribution in [0, 0.1) is 6.92 Å². The Morgan fingerprint density at radius 1 is 1.10 bits per heavy atom. The molecular weight excluding hydrogens is 384 g/mol. The normalized spacial score (nSPS) is 14.8. The maximum atomic E-state index is 12.6. The molecule has 1 aromatic carbocycles. The highest BCUT2D eigenvalue weighted by molar-refractivity contribution is 7.98. The number of aryl methyl sites for hydroxylation is 1. The van der Waals surface area contributed by atoms with E-state index in [4.69, 9.17) is 4.74 Å². The Morgan fingerprint density at radius 2 is 1.86 bits per heavy atom. The molecular formula is C22H24N4O2S. The number of nitrogens with zero attached hydrogens (tertiary/aromatic N) is 4. The summed E-state index contributed by atoms with van der Waals surface area (Å²) in [6.07, 6.45) is 7.44. The molecule has 0 aliphatic carbocycles. The maximum absolute atomic E-state index is 12.6. The lowest BCUT2D eigenvalue weighted by atomic mass is 10.1. The Hall–Kier alpha value is -2.80. The van der Waals surface area contributed by atoms with Gasteiger partial charge in [0.1, 0.15) is 11.9 Å². The summed E-state index contributed by atoms with van der Waals surface area (Å²) in [5, 5.41) is 0. The van der Waals surface area contributed by atoms with Crippen molar-refractivity contribution < 1.29 is 4.74 Å². The van der Waals surface area contributed by atoms with Gasteiger partial charge in [0.25, 0.3) is 5.56 Å². The first-order valence-corrected chi connectivity index (χ1v) is 10.9. The standard InChI is InChI=1S/C22H24N4O2S/c1-16-7-11-23-22(24-16)25-12-8-18(9-13-25)28-19-10-14-26(21(27)15-19)17-3-5-20(29-2)6-4-17/h3-7,10-11,14-15,18H,8-9,12-13H2,1-2H3. The largest absolute Gasteiger partial charge is 0.490 e. The van der Waals surface area contributed by atoms with E-state index < -0.39 is 0 Å². The van der Waals surface area contributed by atoms with Gasteiger partial charge in [0.2, 0.25) is 5.95 Å². The average Bonchev–Trinajstić information content (AvgIpc) is 2.75. The number of ether oxygens (including phenoxy) is 1. The van der Waals surface area contributed by atoms with Gasteiger partial charge >= 0.3 is 0 Å². The van der Waals surface area contributed by atoms with E-state index in [0.29, 0.717) is 5.75 Å². The van der Waals surface area contributed by atoms with E-state index >= 15 is 0 Å². The molecule has 0 radical (unpaired) electrons. The predicted molar refractivity (Wildman–Crippen MR) is 116 cm³/mol. The van der Waals surface area contributed by atoms with Gasteiger partial charge in [-0.05, 0) is 49.6 Å². The molecule has 3 aromatic rings. The summed E-state index contributed by atoms with van der Waals surface area (Å²) >= 11 is 1.68. The predicted octanol–water partition coefficient (Wildman–Crippen LogP) is 3.71. The number of pyridine rings is 1. The second-order valence-corrected chi connectivity index (χ2v) is 7.95. The van der Waals surface area contributed by atoms with Crippen molar-refractivity contribution in [2.75, 3.05) is 24.2 Å². The van der Waals surface area contributed by atoms with Crippen LogP contribution in [0.4, 0.5) is 5.95 Å². The summed E-state index contributed by atoms with van der Waals surface area (Å²) in [7, 11) is 0. The quantitative estimate of drug-likeness (QED) is 0.600. The number of benzene rings is 1. The molecule has 0 N–H and O–H groups in total. The van der Waals surface area contributed by atoms with Crippen LogP contribution < -0.4 is 15.2 Å². The molecule has 0 unspecified atom stereocenters. The molecule has 6 nitrogen and oxygen atoms in total. The molecule has 3 heterocycles. The molecule has 0 bridgehead atoms. The van der Waals surface area contributed by atoms with Gasteiger partial charge in [-0.2, -0.15) is 0 Å². The highest BCUT2D eigenvalue weighted by Gasteiger charge is 2.22. The molecule has 0 atom stereocenters. The zero-order valence-corrected chi connectivity index (χ0v) is 17.4. The van der Waals surface area contributed by atoms with E-state index in [1.54, 1.807) is 34.8 Å². The third-order valence-corrected chi connectivity index (χ3v) is 5.79. The van der Waals surface area contributed by atoms with Crippen LogP contribution >= 0.6 is 11.8 Å². The van der Waals surface area contributed by atoms with Crippen molar-refractivity contribution in [2.24, 2.45) is 0 Å². The van der Waals surface area contributed by atoms with E-state index in [2.05, 4.69) is 14.9 Å². The van der Waals surface area contributed by atoms with Crippen LogP contribution in [0.2, 0.25) is 0 Å². The number of aromatic nitrogens is 3. The molecule has 4 rings (SSSR count). The summed E-state index contributed by atoms with van der Waals surface area (Å²) < 4.78 is 7.72. The summed E-state index contributed by atoms with van der Waals surface area (Å²) in [4.78, 5) is 24.8. The minimum absolute atomic E-state index is 0.0900. The Labute approximate surface area is 174 Å². The van der Waals surface area contributed by atoms with E-state index in [9.17, 15) is 4.79 Å². The van der Waals surface area contributed by atoms with Crippen LogP contribution in [-0.4, -0.2) is 40.0 Å². The van der Waals surface area contributed by atoms with Gasteiger partial charge in [-0.25, -0.2) is 9.97 Å². The Bertz CT molecular complexity index is 1030. The summed E-state index contributed by atoms with van der Waals surface area (Å²) in [6, 6.07) is 13.3. The van der Waals surface area contributed by atoms with Crippen molar-refractivity contribution in [1.29, 1.82) is 0 Å². The molecule has 1 aliphatic heterocycles. The van der Waals surface area contributed by atoms with Crippen molar-refractivity contribution in [3.63, 3.8) is 0 Å². The number of rotatable bonds is 5. The van der Waals surface area contributed by atoms with Gasteiger partial charge in [-0.1, -0.05) is 0 Å². The molecule has 0 amide bonds. The maximum Gasteiger partial charge on any atom is 0.258 e. The second-order valence-electron chi connectivity index (χ2n) is 7.07. The third kappa shape index (κ3) is 4.62. The van der Waals surface area contributed by atoms with Crippen LogP contribution in [0.3, 0.4) is 0 Å². The molecule has 1 aliphatic rings. The van der Waals surface area contributed by atoms with Crippen LogP contribution in [0.15, 0.2) is 64.5 Å². The van der Waals surface area contributed by atoms with Gasteiger partial charge in [-0.3, -0.25) is 9.36 Å². The minimum atomic E-state index is -0.0926. The highest BCUT2D eigenvalue weighted by Crippen LogP contribution is 2.21. The summed E-state index contributed by atoms with van der Waals surface area (Å²) in [5.41, 5.74) is 1.73. The fourth-order valence-corrected chi connectivity index (χ4v) is 3.85. The average molecular weight is 409 g/mol. The highest BCUT2D eigenvalue weighted by atomic mass is 32.2. The molecule has 29 heavy (non-hydrogen) atoms.